The fourth-order valence-corrected chi connectivity index (χ4v) is 2.62. The highest BCUT2D eigenvalue weighted by atomic mass is 35.5. The van der Waals surface area contributed by atoms with Crippen molar-refractivity contribution in [2.45, 2.75) is 6.92 Å². The number of nitrogens with zero attached hydrogens (tertiary/aromatic N) is 3. The first kappa shape index (κ1) is 15.5. The van der Waals surface area contributed by atoms with Crippen LogP contribution in [0.2, 0.25) is 10.0 Å². The Labute approximate surface area is 142 Å². The van der Waals surface area contributed by atoms with Crippen LogP contribution < -0.4 is 5.73 Å². The normalized spacial score (nSPS) is 10.7. The van der Waals surface area contributed by atoms with Crippen LogP contribution in [0.25, 0.3) is 11.1 Å². The van der Waals surface area contributed by atoms with E-state index >= 15 is 0 Å². The molecule has 0 aliphatic carbocycles. The number of carbonyl (C=O) groups is 1. The molecule has 23 heavy (non-hydrogen) atoms. The number of nitrogen functional groups attached to an aromatic ring is 1. The van der Waals surface area contributed by atoms with Gasteiger partial charge in [-0.05, 0) is 36.8 Å². The SMILES string of the molecule is Cc1nn(C(=O)c2cccnc2)c(N)c1-c1ccc(Cl)c(Cl)c1. The first-order chi connectivity index (χ1) is 11.0. The summed E-state index contributed by atoms with van der Waals surface area (Å²) in [5, 5.41) is 5.11. The Morgan fingerprint density at radius 3 is 2.65 bits per heavy atom. The molecule has 0 spiro atoms. The zero-order chi connectivity index (χ0) is 16.6. The molecule has 0 aliphatic rings. The van der Waals surface area contributed by atoms with E-state index in [-0.39, 0.29) is 11.7 Å². The maximum Gasteiger partial charge on any atom is 0.281 e. The minimum absolute atomic E-state index is 0.245. The summed E-state index contributed by atoms with van der Waals surface area (Å²) in [6, 6.07) is 8.50. The summed E-state index contributed by atoms with van der Waals surface area (Å²) in [7, 11) is 0. The molecular formula is C16H12Cl2N4O. The van der Waals surface area contributed by atoms with Gasteiger partial charge in [-0.2, -0.15) is 9.78 Å². The lowest BCUT2D eigenvalue weighted by Crippen LogP contribution is -2.16. The van der Waals surface area contributed by atoms with Crippen molar-refractivity contribution in [1.82, 2.24) is 14.8 Å². The lowest BCUT2D eigenvalue weighted by molar-refractivity contribution is 0.0947. The number of anilines is 1. The Hall–Kier alpha value is -2.37. The standard InChI is InChI=1S/C16H12Cl2N4O/c1-9-14(10-4-5-12(17)13(18)7-10)15(19)22(21-9)16(23)11-3-2-6-20-8-11/h2-8H,19H2,1H3. The summed E-state index contributed by atoms with van der Waals surface area (Å²) in [6.45, 7) is 1.78. The van der Waals surface area contributed by atoms with Crippen molar-refractivity contribution in [2.75, 3.05) is 5.73 Å². The number of benzene rings is 1. The summed E-state index contributed by atoms with van der Waals surface area (Å²) in [5.41, 5.74) is 8.58. The van der Waals surface area contributed by atoms with Crippen LogP contribution in [0.4, 0.5) is 5.82 Å². The average molecular weight is 347 g/mol. The van der Waals surface area contributed by atoms with E-state index in [0.29, 0.717) is 26.9 Å². The summed E-state index contributed by atoms with van der Waals surface area (Å²) >= 11 is 12.0. The molecule has 0 unspecified atom stereocenters. The maximum absolute atomic E-state index is 12.5. The molecule has 0 aliphatic heterocycles. The second-order valence-corrected chi connectivity index (χ2v) is 5.75. The van der Waals surface area contributed by atoms with Gasteiger partial charge in [-0.3, -0.25) is 9.78 Å². The van der Waals surface area contributed by atoms with Crippen LogP contribution in [0.3, 0.4) is 0 Å². The number of rotatable bonds is 2. The smallest absolute Gasteiger partial charge is 0.281 e. The minimum Gasteiger partial charge on any atom is -0.383 e. The molecule has 0 bridgehead atoms. The highest BCUT2D eigenvalue weighted by Crippen LogP contribution is 2.33. The highest BCUT2D eigenvalue weighted by molar-refractivity contribution is 6.42. The largest absolute Gasteiger partial charge is 0.383 e. The quantitative estimate of drug-likeness (QED) is 0.765. The zero-order valence-electron chi connectivity index (χ0n) is 12.1. The van der Waals surface area contributed by atoms with Crippen molar-refractivity contribution < 1.29 is 4.79 Å². The molecule has 0 atom stereocenters. The monoisotopic (exact) mass is 346 g/mol. The molecule has 0 radical (unpaired) electrons. The van der Waals surface area contributed by atoms with Crippen LogP contribution in [0.5, 0.6) is 0 Å². The predicted octanol–water partition coefficient (Wildman–Crippen LogP) is 3.83. The fourth-order valence-electron chi connectivity index (χ4n) is 2.32. The van der Waals surface area contributed by atoms with Gasteiger partial charge in [0.2, 0.25) is 0 Å². The van der Waals surface area contributed by atoms with Crippen molar-refractivity contribution in [3.05, 3.63) is 64.0 Å². The Morgan fingerprint density at radius 2 is 2.00 bits per heavy atom. The summed E-state index contributed by atoms with van der Waals surface area (Å²) in [5.74, 6) is -0.0975. The number of aromatic nitrogens is 3. The van der Waals surface area contributed by atoms with Gasteiger partial charge >= 0.3 is 0 Å². The van der Waals surface area contributed by atoms with Gasteiger partial charge in [0.25, 0.3) is 5.91 Å². The van der Waals surface area contributed by atoms with Crippen LogP contribution >= 0.6 is 23.2 Å². The molecule has 3 rings (SSSR count). The third kappa shape index (κ3) is 2.81. The van der Waals surface area contributed by atoms with E-state index in [4.69, 9.17) is 28.9 Å². The minimum atomic E-state index is -0.343. The number of carbonyl (C=O) groups excluding carboxylic acids is 1. The van der Waals surface area contributed by atoms with E-state index in [1.807, 2.05) is 0 Å². The van der Waals surface area contributed by atoms with Crippen molar-refractivity contribution in [3.63, 3.8) is 0 Å². The molecule has 0 amide bonds. The van der Waals surface area contributed by atoms with Crippen molar-refractivity contribution >= 4 is 34.9 Å². The lowest BCUT2D eigenvalue weighted by atomic mass is 10.1. The lowest BCUT2D eigenvalue weighted by Gasteiger charge is -2.05. The molecule has 2 aromatic heterocycles. The number of halogens is 2. The zero-order valence-corrected chi connectivity index (χ0v) is 13.6. The molecule has 0 fully saturated rings. The maximum atomic E-state index is 12.5. The van der Waals surface area contributed by atoms with Crippen LogP contribution in [-0.2, 0) is 0 Å². The predicted molar refractivity (Wildman–Crippen MR) is 90.8 cm³/mol. The second-order valence-electron chi connectivity index (χ2n) is 4.93. The summed E-state index contributed by atoms with van der Waals surface area (Å²) in [6.07, 6.45) is 3.06. The van der Waals surface area contributed by atoms with Gasteiger partial charge in [-0.1, -0.05) is 29.3 Å². The first-order valence-electron chi connectivity index (χ1n) is 6.74. The van der Waals surface area contributed by atoms with Crippen LogP contribution in [0, 0.1) is 6.92 Å². The molecule has 2 heterocycles. The van der Waals surface area contributed by atoms with Gasteiger partial charge in [0.05, 0.1) is 21.3 Å². The molecule has 1 aromatic carbocycles. The van der Waals surface area contributed by atoms with Gasteiger partial charge in [0, 0.05) is 18.0 Å². The van der Waals surface area contributed by atoms with E-state index in [9.17, 15) is 4.79 Å². The number of hydrogen-bond donors (Lipinski definition) is 1. The molecule has 0 saturated heterocycles. The van der Waals surface area contributed by atoms with E-state index < -0.39 is 0 Å². The molecule has 2 N–H and O–H groups in total. The molecule has 5 nitrogen and oxygen atoms in total. The van der Waals surface area contributed by atoms with Gasteiger partial charge in [0.15, 0.2) is 0 Å². The second kappa shape index (κ2) is 6.02. The third-order valence-electron chi connectivity index (χ3n) is 3.41. The Kier molecular flexibility index (Phi) is 4.07. The topological polar surface area (TPSA) is 73.8 Å². The van der Waals surface area contributed by atoms with Gasteiger partial charge < -0.3 is 5.73 Å². The van der Waals surface area contributed by atoms with Crippen LogP contribution in [0.15, 0.2) is 42.7 Å². The third-order valence-corrected chi connectivity index (χ3v) is 4.14. The average Bonchev–Trinajstić information content (AvgIpc) is 2.85. The first-order valence-corrected chi connectivity index (χ1v) is 7.50. The van der Waals surface area contributed by atoms with Crippen molar-refractivity contribution in [3.8, 4) is 11.1 Å². The molecule has 3 aromatic rings. The van der Waals surface area contributed by atoms with E-state index in [1.54, 1.807) is 43.5 Å². The van der Waals surface area contributed by atoms with Crippen LogP contribution in [0.1, 0.15) is 16.1 Å². The number of aryl methyl sites for hydroxylation is 1. The number of nitrogens with two attached hydrogens (primary N) is 1. The van der Waals surface area contributed by atoms with Crippen LogP contribution in [-0.4, -0.2) is 20.7 Å². The Bertz CT molecular complexity index is 891. The number of pyridine rings is 1. The van der Waals surface area contributed by atoms with E-state index in [1.165, 1.54) is 10.9 Å². The highest BCUT2D eigenvalue weighted by Gasteiger charge is 2.20. The number of hydrogen-bond acceptors (Lipinski definition) is 4. The summed E-state index contributed by atoms with van der Waals surface area (Å²) in [4.78, 5) is 16.5. The van der Waals surface area contributed by atoms with Gasteiger partial charge in [-0.15, -0.1) is 0 Å². The summed E-state index contributed by atoms with van der Waals surface area (Å²) < 4.78 is 1.17. The van der Waals surface area contributed by atoms with Gasteiger partial charge in [0.1, 0.15) is 5.82 Å². The van der Waals surface area contributed by atoms with Crippen molar-refractivity contribution in [1.29, 1.82) is 0 Å². The van der Waals surface area contributed by atoms with E-state index in [0.717, 1.165) is 5.56 Å². The van der Waals surface area contributed by atoms with Gasteiger partial charge in [-0.25, -0.2) is 0 Å². The van der Waals surface area contributed by atoms with E-state index in [2.05, 4.69) is 10.1 Å². The molecule has 7 heteroatoms. The molecule has 116 valence electrons. The molecule has 0 saturated carbocycles. The fraction of sp³-hybridized carbons (Fsp3) is 0.0625. The van der Waals surface area contributed by atoms with Crippen molar-refractivity contribution in [2.24, 2.45) is 0 Å². The molecular weight excluding hydrogens is 335 g/mol. The Morgan fingerprint density at radius 1 is 1.22 bits per heavy atom. The Balaban J connectivity index is 2.10.